The SMILES string of the molecule is O=C(Cc1c[nH]c2ccccc12)NNC1=CCCCC1=Cc1ccco1. The Kier molecular flexibility index (Phi) is 4.60. The van der Waals surface area contributed by atoms with Gasteiger partial charge in [-0.15, -0.1) is 0 Å². The fraction of sp³-hybridized carbons (Fsp3) is 0.190. The number of carbonyl (C=O) groups is 1. The van der Waals surface area contributed by atoms with Crippen LogP contribution in [-0.4, -0.2) is 10.9 Å². The second-order valence-electron chi connectivity index (χ2n) is 6.40. The molecule has 3 aromatic rings. The Balaban J connectivity index is 1.41. The maximum absolute atomic E-state index is 12.4. The highest BCUT2D eigenvalue weighted by molar-refractivity contribution is 5.88. The van der Waals surface area contributed by atoms with E-state index in [0.717, 1.165) is 52.8 Å². The number of allylic oxidation sites excluding steroid dienone is 2. The number of hydrazine groups is 1. The van der Waals surface area contributed by atoms with Gasteiger partial charge in [0.05, 0.1) is 18.4 Å². The van der Waals surface area contributed by atoms with Crippen molar-refractivity contribution < 1.29 is 9.21 Å². The molecule has 1 aliphatic rings. The number of para-hydroxylation sites is 1. The van der Waals surface area contributed by atoms with Crippen LogP contribution in [0, 0.1) is 0 Å². The lowest BCUT2D eigenvalue weighted by Crippen LogP contribution is -2.38. The molecule has 0 radical (unpaired) electrons. The molecule has 132 valence electrons. The predicted molar refractivity (Wildman–Crippen MR) is 102 cm³/mol. The van der Waals surface area contributed by atoms with Gasteiger partial charge in [0.1, 0.15) is 5.76 Å². The number of hydrogen-bond donors (Lipinski definition) is 3. The summed E-state index contributed by atoms with van der Waals surface area (Å²) < 4.78 is 5.40. The molecule has 0 atom stereocenters. The van der Waals surface area contributed by atoms with E-state index in [1.54, 1.807) is 6.26 Å². The number of carbonyl (C=O) groups excluding carboxylic acids is 1. The summed E-state index contributed by atoms with van der Waals surface area (Å²) in [6.45, 7) is 0. The highest BCUT2D eigenvalue weighted by atomic mass is 16.3. The molecule has 4 rings (SSSR count). The van der Waals surface area contributed by atoms with Gasteiger partial charge in [-0.05, 0) is 54.7 Å². The van der Waals surface area contributed by atoms with Gasteiger partial charge in [-0.3, -0.25) is 15.6 Å². The number of nitrogens with one attached hydrogen (secondary N) is 3. The second-order valence-corrected chi connectivity index (χ2v) is 6.40. The number of benzene rings is 1. The lowest BCUT2D eigenvalue weighted by Gasteiger charge is -2.19. The first kappa shape index (κ1) is 16.3. The molecular weight excluding hydrogens is 326 g/mol. The van der Waals surface area contributed by atoms with E-state index in [2.05, 4.69) is 21.9 Å². The van der Waals surface area contributed by atoms with Gasteiger partial charge in [0.25, 0.3) is 0 Å². The monoisotopic (exact) mass is 347 g/mol. The average molecular weight is 347 g/mol. The number of furan rings is 1. The molecule has 0 saturated heterocycles. The molecule has 5 nitrogen and oxygen atoms in total. The van der Waals surface area contributed by atoms with Gasteiger partial charge in [0.15, 0.2) is 0 Å². The molecule has 1 aliphatic carbocycles. The van der Waals surface area contributed by atoms with Gasteiger partial charge in [0, 0.05) is 17.1 Å². The summed E-state index contributed by atoms with van der Waals surface area (Å²) in [6, 6.07) is 11.8. The summed E-state index contributed by atoms with van der Waals surface area (Å²) in [4.78, 5) is 15.6. The molecule has 3 N–H and O–H groups in total. The van der Waals surface area contributed by atoms with Crippen molar-refractivity contribution in [2.24, 2.45) is 0 Å². The second kappa shape index (κ2) is 7.35. The Morgan fingerprint density at radius 1 is 1.23 bits per heavy atom. The van der Waals surface area contributed by atoms with Gasteiger partial charge >= 0.3 is 0 Å². The van der Waals surface area contributed by atoms with Crippen LogP contribution in [0.1, 0.15) is 30.6 Å². The van der Waals surface area contributed by atoms with Gasteiger partial charge < -0.3 is 9.40 Å². The van der Waals surface area contributed by atoms with Crippen molar-refractivity contribution in [2.45, 2.75) is 25.7 Å². The van der Waals surface area contributed by atoms with E-state index in [4.69, 9.17) is 4.42 Å². The maximum Gasteiger partial charge on any atom is 0.242 e. The standard InChI is InChI=1S/C21H21N3O2/c25-21(13-16-14-22-20-10-4-2-8-18(16)20)24-23-19-9-3-1-6-15(19)12-17-7-5-11-26-17/h2,4-5,7-12,14,22-23H,1,3,6,13H2,(H,24,25). The third-order valence-electron chi connectivity index (χ3n) is 4.57. The van der Waals surface area contributed by atoms with Crippen LogP contribution in [0.25, 0.3) is 17.0 Å². The number of aromatic amines is 1. The van der Waals surface area contributed by atoms with Crippen LogP contribution < -0.4 is 10.9 Å². The minimum absolute atomic E-state index is 0.0708. The number of fused-ring (bicyclic) bond motifs is 1. The topological polar surface area (TPSA) is 70.1 Å². The highest BCUT2D eigenvalue weighted by Gasteiger charge is 2.13. The lowest BCUT2D eigenvalue weighted by molar-refractivity contribution is -0.121. The van der Waals surface area contributed by atoms with E-state index in [1.165, 1.54) is 0 Å². The van der Waals surface area contributed by atoms with Crippen molar-refractivity contribution in [1.82, 2.24) is 15.8 Å². The van der Waals surface area contributed by atoms with Crippen LogP contribution in [0.15, 0.2) is 70.6 Å². The molecule has 0 bridgehead atoms. The summed E-state index contributed by atoms with van der Waals surface area (Å²) in [5.41, 5.74) is 10.0. The predicted octanol–water partition coefficient (Wildman–Crippen LogP) is 4.08. The number of aromatic nitrogens is 1. The molecule has 0 aliphatic heterocycles. The zero-order chi connectivity index (χ0) is 17.8. The number of H-pyrrole nitrogens is 1. The first-order valence-electron chi connectivity index (χ1n) is 8.84. The molecule has 0 saturated carbocycles. The number of amides is 1. The third kappa shape index (κ3) is 3.57. The number of hydrogen-bond acceptors (Lipinski definition) is 3. The fourth-order valence-corrected chi connectivity index (χ4v) is 3.26. The summed E-state index contributed by atoms with van der Waals surface area (Å²) in [7, 11) is 0. The average Bonchev–Trinajstić information content (AvgIpc) is 3.31. The first-order valence-corrected chi connectivity index (χ1v) is 8.84. The molecule has 26 heavy (non-hydrogen) atoms. The van der Waals surface area contributed by atoms with Gasteiger partial charge in [-0.2, -0.15) is 0 Å². The quantitative estimate of drug-likeness (QED) is 0.609. The Hall–Kier alpha value is -3.21. The minimum Gasteiger partial charge on any atom is -0.465 e. The third-order valence-corrected chi connectivity index (χ3v) is 4.57. The van der Waals surface area contributed by atoms with Crippen LogP contribution in [-0.2, 0) is 11.2 Å². The molecule has 2 heterocycles. The van der Waals surface area contributed by atoms with Crippen LogP contribution in [0.2, 0.25) is 0 Å². The van der Waals surface area contributed by atoms with Gasteiger partial charge in [-0.25, -0.2) is 0 Å². The van der Waals surface area contributed by atoms with Crippen LogP contribution >= 0.6 is 0 Å². The van der Waals surface area contributed by atoms with E-state index < -0.39 is 0 Å². The van der Waals surface area contributed by atoms with E-state index >= 15 is 0 Å². The highest BCUT2D eigenvalue weighted by Crippen LogP contribution is 2.24. The molecule has 0 spiro atoms. The normalized spacial score (nSPS) is 15.8. The Labute approximate surface area is 151 Å². The smallest absolute Gasteiger partial charge is 0.242 e. The molecular formula is C21H21N3O2. The number of rotatable bonds is 5. The zero-order valence-corrected chi connectivity index (χ0v) is 14.4. The summed E-state index contributed by atoms with van der Waals surface area (Å²) in [5, 5.41) is 1.08. The van der Waals surface area contributed by atoms with Crippen LogP contribution in [0.3, 0.4) is 0 Å². The molecule has 1 amide bonds. The molecule has 2 aromatic heterocycles. The Morgan fingerprint density at radius 2 is 2.15 bits per heavy atom. The van der Waals surface area contributed by atoms with Crippen molar-refractivity contribution in [3.8, 4) is 0 Å². The van der Waals surface area contributed by atoms with Crippen molar-refractivity contribution in [1.29, 1.82) is 0 Å². The maximum atomic E-state index is 12.4. The lowest BCUT2D eigenvalue weighted by atomic mass is 9.98. The largest absolute Gasteiger partial charge is 0.465 e. The van der Waals surface area contributed by atoms with Crippen molar-refractivity contribution >= 4 is 22.9 Å². The summed E-state index contributed by atoms with van der Waals surface area (Å²) >= 11 is 0. The van der Waals surface area contributed by atoms with E-state index in [9.17, 15) is 4.79 Å². The summed E-state index contributed by atoms with van der Waals surface area (Å²) in [6.07, 6.45) is 11.1. The van der Waals surface area contributed by atoms with E-state index in [0.29, 0.717) is 6.42 Å². The van der Waals surface area contributed by atoms with Crippen molar-refractivity contribution in [3.63, 3.8) is 0 Å². The minimum atomic E-state index is -0.0708. The van der Waals surface area contributed by atoms with Crippen molar-refractivity contribution in [2.75, 3.05) is 0 Å². The Morgan fingerprint density at radius 3 is 3.04 bits per heavy atom. The first-order chi connectivity index (χ1) is 12.8. The van der Waals surface area contributed by atoms with Gasteiger partial charge in [0.2, 0.25) is 5.91 Å². The van der Waals surface area contributed by atoms with Crippen molar-refractivity contribution in [3.05, 3.63) is 77.5 Å². The summed E-state index contributed by atoms with van der Waals surface area (Å²) in [5.74, 6) is 0.748. The Bertz CT molecular complexity index is 964. The molecule has 0 unspecified atom stereocenters. The zero-order valence-electron chi connectivity index (χ0n) is 14.4. The van der Waals surface area contributed by atoms with E-state index in [1.807, 2.05) is 48.7 Å². The van der Waals surface area contributed by atoms with Crippen LogP contribution in [0.5, 0.6) is 0 Å². The molecule has 0 fully saturated rings. The van der Waals surface area contributed by atoms with E-state index in [-0.39, 0.29) is 5.91 Å². The van der Waals surface area contributed by atoms with Gasteiger partial charge in [-0.1, -0.05) is 24.3 Å². The molecule has 5 heteroatoms. The fourth-order valence-electron chi connectivity index (χ4n) is 3.26. The molecule has 1 aromatic carbocycles. The van der Waals surface area contributed by atoms with Crippen LogP contribution in [0.4, 0.5) is 0 Å².